The van der Waals surface area contributed by atoms with E-state index in [0.717, 1.165) is 6.42 Å². The van der Waals surface area contributed by atoms with Crippen molar-refractivity contribution in [2.75, 3.05) is 13.7 Å². The molecule has 1 aliphatic carbocycles. The quantitative estimate of drug-likeness (QED) is 0.751. The van der Waals surface area contributed by atoms with Crippen molar-refractivity contribution in [3.63, 3.8) is 0 Å². The molecule has 0 spiro atoms. The van der Waals surface area contributed by atoms with Gasteiger partial charge in [0, 0.05) is 31.0 Å². The van der Waals surface area contributed by atoms with Crippen LogP contribution in [0, 0.1) is 11.3 Å². The Morgan fingerprint density at radius 3 is 2.50 bits per heavy atom. The maximum atomic E-state index is 11.7. The van der Waals surface area contributed by atoms with E-state index in [0.29, 0.717) is 6.54 Å². The summed E-state index contributed by atoms with van der Waals surface area (Å²) in [5.41, 5.74) is 5.29. The smallest absolute Gasteiger partial charge is 0.224 e. The van der Waals surface area contributed by atoms with Crippen LogP contribution in [-0.4, -0.2) is 31.2 Å². The van der Waals surface area contributed by atoms with Crippen LogP contribution in [0.3, 0.4) is 0 Å². The largest absolute Gasteiger partial charge is 0.378 e. The van der Waals surface area contributed by atoms with Gasteiger partial charge in [-0.15, -0.1) is 0 Å². The van der Waals surface area contributed by atoms with Crippen LogP contribution in [0.15, 0.2) is 0 Å². The van der Waals surface area contributed by atoms with Crippen LogP contribution in [0.4, 0.5) is 0 Å². The molecule has 0 aliphatic heterocycles. The molecule has 1 saturated carbocycles. The fourth-order valence-electron chi connectivity index (χ4n) is 2.14. The van der Waals surface area contributed by atoms with Crippen LogP contribution >= 0.6 is 0 Å². The van der Waals surface area contributed by atoms with Crippen molar-refractivity contribution >= 4 is 5.91 Å². The summed E-state index contributed by atoms with van der Waals surface area (Å²) in [4.78, 5) is 11.7. The van der Waals surface area contributed by atoms with Gasteiger partial charge in [-0.1, -0.05) is 20.8 Å². The summed E-state index contributed by atoms with van der Waals surface area (Å²) >= 11 is 0. The first-order valence-corrected chi connectivity index (χ1v) is 5.84. The number of rotatable bonds is 4. The predicted octanol–water partition coefficient (Wildman–Crippen LogP) is 0.901. The Bertz CT molecular complexity index is 278. The third kappa shape index (κ3) is 1.96. The number of nitrogens with two attached hydrogens (primary N) is 1. The maximum absolute atomic E-state index is 11.7. The van der Waals surface area contributed by atoms with E-state index in [1.165, 1.54) is 0 Å². The standard InChI is InChI=1S/C12H24N2O2/c1-8(7-13)10(15)14-9-6-12(4,16-5)11(9,2)3/h8-9H,6-7,13H2,1-5H3,(H,14,15). The normalized spacial score (nSPS) is 34.0. The zero-order chi connectivity index (χ0) is 12.6. The van der Waals surface area contributed by atoms with Crippen LogP contribution in [-0.2, 0) is 9.53 Å². The number of ether oxygens (including phenoxy) is 1. The molecule has 16 heavy (non-hydrogen) atoms. The second-order valence-corrected chi connectivity index (χ2v) is 5.56. The maximum Gasteiger partial charge on any atom is 0.224 e. The highest BCUT2D eigenvalue weighted by atomic mass is 16.5. The molecule has 0 radical (unpaired) electrons. The highest BCUT2D eigenvalue weighted by Crippen LogP contribution is 2.51. The number of nitrogens with one attached hydrogen (secondary N) is 1. The van der Waals surface area contributed by atoms with Crippen molar-refractivity contribution in [2.45, 2.75) is 45.8 Å². The molecule has 0 bridgehead atoms. The zero-order valence-electron chi connectivity index (χ0n) is 11.0. The Labute approximate surface area is 97.9 Å². The lowest BCUT2D eigenvalue weighted by Crippen LogP contribution is -2.69. The molecule has 3 atom stereocenters. The van der Waals surface area contributed by atoms with Gasteiger partial charge < -0.3 is 15.8 Å². The molecule has 1 fully saturated rings. The van der Waals surface area contributed by atoms with Gasteiger partial charge in [-0.2, -0.15) is 0 Å². The van der Waals surface area contributed by atoms with Crippen molar-refractivity contribution in [3.8, 4) is 0 Å². The summed E-state index contributed by atoms with van der Waals surface area (Å²) in [7, 11) is 1.72. The van der Waals surface area contributed by atoms with Crippen molar-refractivity contribution in [3.05, 3.63) is 0 Å². The van der Waals surface area contributed by atoms with Crippen LogP contribution in [0.2, 0.25) is 0 Å². The summed E-state index contributed by atoms with van der Waals surface area (Å²) < 4.78 is 5.51. The third-order valence-corrected chi connectivity index (χ3v) is 4.40. The number of methoxy groups -OCH3 is 1. The molecular formula is C12H24N2O2. The van der Waals surface area contributed by atoms with Gasteiger partial charge in [0.05, 0.1) is 5.60 Å². The van der Waals surface area contributed by atoms with E-state index < -0.39 is 0 Å². The van der Waals surface area contributed by atoms with E-state index in [-0.39, 0.29) is 28.9 Å². The number of amides is 1. The molecule has 0 aromatic carbocycles. The van der Waals surface area contributed by atoms with E-state index >= 15 is 0 Å². The molecule has 0 saturated heterocycles. The van der Waals surface area contributed by atoms with Crippen LogP contribution < -0.4 is 11.1 Å². The van der Waals surface area contributed by atoms with E-state index in [9.17, 15) is 4.79 Å². The van der Waals surface area contributed by atoms with E-state index in [4.69, 9.17) is 10.5 Å². The van der Waals surface area contributed by atoms with Gasteiger partial charge in [-0.3, -0.25) is 4.79 Å². The number of carbonyl (C=O) groups is 1. The predicted molar refractivity (Wildman–Crippen MR) is 64.0 cm³/mol. The Balaban J connectivity index is 2.58. The molecule has 0 aromatic rings. The number of hydrogen-bond acceptors (Lipinski definition) is 3. The Hall–Kier alpha value is -0.610. The van der Waals surface area contributed by atoms with Gasteiger partial charge in [-0.25, -0.2) is 0 Å². The fourth-order valence-corrected chi connectivity index (χ4v) is 2.14. The topological polar surface area (TPSA) is 64.3 Å². The first kappa shape index (κ1) is 13.5. The molecule has 3 N–H and O–H groups in total. The lowest BCUT2D eigenvalue weighted by Gasteiger charge is -2.59. The molecule has 1 aliphatic rings. The van der Waals surface area contributed by atoms with E-state index in [1.54, 1.807) is 7.11 Å². The van der Waals surface area contributed by atoms with Gasteiger partial charge in [-0.05, 0) is 13.3 Å². The number of carbonyl (C=O) groups excluding carboxylic acids is 1. The molecule has 1 amide bonds. The zero-order valence-corrected chi connectivity index (χ0v) is 11.0. The summed E-state index contributed by atoms with van der Waals surface area (Å²) in [5.74, 6) is -0.0797. The van der Waals surface area contributed by atoms with Gasteiger partial charge in [0.1, 0.15) is 0 Å². The van der Waals surface area contributed by atoms with Crippen molar-refractivity contribution in [1.29, 1.82) is 0 Å². The van der Waals surface area contributed by atoms with Crippen molar-refractivity contribution in [1.82, 2.24) is 5.32 Å². The highest BCUT2D eigenvalue weighted by molar-refractivity contribution is 5.79. The van der Waals surface area contributed by atoms with Crippen LogP contribution in [0.25, 0.3) is 0 Å². The van der Waals surface area contributed by atoms with Gasteiger partial charge in [0.15, 0.2) is 0 Å². The lowest BCUT2D eigenvalue weighted by atomic mass is 9.55. The van der Waals surface area contributed by atoms with Crippen molar-refractivity contribution < 1.29 is 9.53 Å². The summed E-state index contributed by atoms with van der Waals surface area (Å²) in [6.45, 7) is 8.56. The Morgan fingerprint density at radius 2 is 2.12 bits per heavy atom. The van der Waals surface area contributed by atoms with Crippen LogP contribution in [0.5, 0.6) is 0 Å². The SMILES string of the molecule is COC1(C)CC(NC(=O)C(C)CN)C1(C)C. The second kappa shape index (κ2) is 4.34. The van der Waals surface area contributed by atoms with E-state index in [2.05, 4.69) is 26.1 Å². The van der Waals surface area contributed by atoms with Gasteiger partial charge >= 0.3 is 0 Å². The highest BCUT2D eigenvalue weighted by Gasteiger charge is 2.58. The van der Waals surface area contributed by atoms with Crippen molar-refractivity contribution in [2.24, 2.45) is 17.1 Å². The first-order chi connectivity index (χ1) is 7.28. The average Bonchev–Trinajstić information content (AvgIpc) is 2.26. The molecular weight excluding hydrogens is 204 g/mol. The molecule has 4 nitrogen and oxygen atoms in total. The third-order valence-electron chi connectivity index (χ3n) is 4.40. The molecule has 3 unspecified atom stereocenters. The molecule has 4 heteroatoms. The van der Waals surface area contributed by atoms with Crippen LogP contribution in [0.1, 0.15) is 34.1 Å². The molecule has 1 rings (SSSR count). The minimum atomic E-state index is -0.142. The lowest BCUT2D eigenvalue weighted by molar-refractivity contribution is -0.183. The van der Waals surface area contributed by atoms with Gasteiger partial charge in [0.2, 0.25) is 5.91 Å². The molecule has 94 valence electrons. The molecule has 0 heterocycles. The number of hydrogen-bond donors (Lipinski definition) is 2. The Kier molecular flexibility index (Phi) is 3.65. The summed E-state index contributed by atoms with van der Waals surface area (Å²) in [6.07, 6.45) is 0.861. The minimum absolute atomic E-state index is 0.0360. The summed E-state index contributed by atoms with van der Waals surface area (Å²) in [6, 6.07) is 0.180. The van der Waals surface area contributed by atoms with Gasteiger partial charge in [0.25, 0.3) is 0 Å². The van der Waals surface area contributed by atoms with E-state index in [1.807, 2.05) is 6.92 Å². The monoisotopic (exact) mass is 228 g/mol. The molecule has 0 aromatic heterocycles. The Morgan fingerprint density at radius 1 is 1.56 bits per heavy atom. The minimum Gasteiger partial charge on any atom is -0.378 e. The average molecular weight is 228 g/mol. The second-order valence-electron chi connectivity index (χ2n) is 5.56. The summed E-state index contributed by atoms with van der Waals surface area (Å²) in [5, 5.41) is 3.05. The fraction of sp³-hybridized carbons (Fsp3) is 0.917. The first-order valence-electron chi connectivity index (χ1n) is 5.84.